The summed E-state index contributed by atoms with van der Waals surface area (Å²) in [5, 5.41) is 7.72. The fourth-order valence-electron chi connectivity index (χ4n) is 2.21. The molecule has 3 heterocycles. The molecule has 0 spiro atoms. The van der Waals surface area contributed by atoms with Crippen LogP contribution < -0.4 is 10.6 Å². The molecule has 0 aliphatic rings. The number of aromatic amines is 1. The van der Waals surface area contributed by atoms with Gasteiger partial charge in [0.2, 0.25) is 0 Å². The minimum Gasteiger partial charge on any atom is -0.383 e. The van der Waals surface area contributed by atoms with Crippen molar-refractivity contribution in [1.29, 1.82) is 0 Å². The van der Waals surface area contributed by atoms with Gasteiger partial charge in [0.25, 0.3) is 0 Å². The Morgan fingerprint density at radius 1 is 1.30 bits per heavy atom. The van der Waals surface area contributed by atoms with Crippen LogP contribution in [0.4, 0.5) is 11.6 Å². The predicted octanol–water partition coefficient (Wildman–Crippen LogP) is 1.53. The second-order valence-electron chi connectivity index (χ2n) is 4.59. The summed E-state index contributed by atoms with van der Waals surface area (Å²) in [6.07, 6.45) is 4.93. The Kier molecular flexibility index (Phi) is 2.94. The lowest BCUT2D eigenvalue weighted by Gasteiger charge is -2.27. The smallest absolute Gasteiger partial charge is 0.160 e. The average Bonchev–Trinajstić information content (AvgIpc) is 2.94. The van der Waals surface area contributed by atoms with E-state index in [1.807, 2.05) is 24.1 Å². The Hall–Kier alpha value is -2.70. The molecule has 0 saturated heterocycles. The number of fused-ring (bicyclic) bond motifs is 1. The molecule has 7 nitrogen and oxygen atoms in total. The molecule has 0 aliphatic heterocycles. The number of nitrogens with two attached hydrogens (primary N) is 1. The number of hydrogen-bond acceptors (Lipinski definition) is 6. The van der Waals surface area contributed by atoms with Gasteiger partial charge in [-0.15, -0.1) is 0 Å². The summed E-state index contributed by atoms with van der Waals surface area (Å²) in [5.41, 5.74) is 7.62. The van der Waals surface area contributed by atoms with E-state index in [9.17, 15) is 0 Å². The zero-order valence-electron chi connectivity index (χ0n) is 11.3. The topological polar surface area (TPSA) is 96.6 Å². The first-order valence-electron chi connectivity index (χ1n) is 6.25. The van der Waals surface area contributed by atoms with Crippen LogP contribution in [0, 0.1) is 0 Å². The van der Waals surface area contributed by atoms with E-state index in [4.69, 9.17) is 5.73 Å². The maximum atomic E-state index is 5.94. The van der Waals surface area contributed by atoms with Gasteiger partial charge in [0.15, 0.2) is 5.65 Å². The van der Waals surface area contributed by atoms with Crippen LogP contribution in [0.25, 0.3) is 11.0 Å². The van der Waals surface area contributed by atoms with Crippen molar-refractivity contribution in [2.24, 2.45) is 0 Å². The highest BCUT2D eigenvalue weighted by atomic mass is 15.2. The van der Waals surface area contributed by atoms with Gasteiger partial charge >= 0.3 is 0 Å². The standard InChI is InChI=1S/C13H15N7/c1-8(9-4-3-5-15-11(9)14)20(2)13-10-6-18-19-12(10)16-7-17-13/h3-8H,1-2H3,(H2,14,15)(H,16,17,18,19)/t8-/m0/s1. The van der Waals surface area contributed by atoms with Crippen LogP contribution in [0.15, 0.2) is 30.9 Å². The number of nitrogen functional groups attached to an aromatic ring is 1. The molecular formula is C13H15N7. The van der Waals surface area contributed by atoms with Gasteiger partial charge in [-0.1, -0.05) is 6.07 Å². The van der Waals surface area contributed by atoms with Gasteiger partial charge in [0, 0.05) is 18.8 Å². The maximum Gasteiger partial charge on any atom is 0.160 e. The number of nitrogens with zero attached hydrogens (tertiary/aromatic N) is 5. The summed E-state index contributed by atoms with van der Waals surface area (Å²) in [4.78, 5) is 14.7. The van der Waals surface area contributed by atoms with Crippen molar-refractivity contribution in [3.8, 4) is 0 Å². The van der Waals surface area contributed by atoms with Gasteiger partial charge in [-0.3, -0.25) is 5.10 Å². The minimum atomic E-state index is 0.0386. The van der Waals surface area contributed by atoms with E-state index in [-0.39, 0.29) is 6.04 Å². The van der Waals surface area contributed by atoms with Crippen LogP contribution in [0.2, 0.25) is 0 Å². The number of pyridine rings is 1. The lowest BCUT2D eigenvalue weighted by atomic mass is 10.1. The van der Waals surface area contributed by atoms with E-state index in [1.54, 1.807) is 12.4 Å². The summed E-state index contributed by atoms with van der Waals surface area (Å²) in [6.45, 7) is 2.06. The Bertz CT molecular complexity index is 736. The number of anilines is 2. The monoisotopic (exact) mass is 269 g/mol. The molecule has 1 atom stereocenters. The summed E-state index contributed by atoms with van der Waals surface area (Å²) in [6, 6.07) is 3.89. The molecule has 0 aromatic carbocycles. The predicted molar refractivity (Wildman–Crippen MR) is 77.2 cm³/mol. The van der Waals surface area contributed by atoms with Crippen LogP contribution in [-0.4, -0.2) is 32.2 Å². The highest BCUT2D eigenvalue weighted by molar-refractivity contribution is 5.86. The Labute approximate surface area is 115 Å². The molecule has 0 fully saturated rings. The molecule has 0 unspecified atom stereocenters. The van der Waals surface area contributed by atoms with Gasteiger partial charge < -0.3 is 10.6 Å². The number of hydrogen-bond donors (Lipinski definition) is 2. The fraction of sp³-hybridized carbons (Fsp3) is 0.231. The first kappa shape index (κ1) is 12.3. The van der Waals surface area contributed by atoms with Crippen LogP contribution in [0.1, 0.15) is 18.5 Å². The third-order valence-electron chi connectivity index (χ3n) is 3.46. The zero-order chi connectivity index (χ0) is 14.1. The number of H-pyrrole nitrogens is 1. The van der Waals surface area contributed by atoms with Crippen molar-refractivity contribution in [2.45, 2.75) is 13.0 Å². The van der Waals surface area contributed by atoms with Gasteiger partial charge in [0.1, 0.15) is 18.0 Å². The second-order valence-corrected chi connectivity index (χ2v) is 4.59. The van der Waals surface area contributed by atoms with Crippen LogP contribution in [0.5, 0.6) is 0 Å². The van der Waals surface area contributed by atoms with E-state index in [2.05, 4.69) is 32.1 Å². The van der Waals surface area contributed by atoms with Gasteiger partial charge in [-0.05, 0) is 13.0 Å². The number of rotatable bonds is 3. The van der Waals surface area contributed by atoms with E-state index in [0.29, 0.717) is 11.5 Å². The van der Waals surface area contributed by atoms with E-state index in [0.717, 1.165) is 16.8 Å². The fourth-order valence-corrected chi connectivity index (χ4v) is 2.21. The minimum absolute atomic E-state index is 0.0386. The summed E-state index contributed by atoms with van der Waals surface area (Å²) in [5.74, 6) is 1.34. The lowest BCUT2D eigenvalue weighted by molar-refractivity contribution is 0.730. The molecule has 3 rings (SSSR count). The SMILES string of the molecule is C[C@@H](c1cccnc1N)N(C)c1ncnc2[nH]ncc12. The molecular weight excluding hydrogens is 254 g/mol. The van der Waals surface area contributed by atoms with Crippen molar-refractivity contribution in [1.82, 2.24) is 25.1 Å². The molecule has 3 aromatic heterocycles. The van der Waals surface area contributed by atoms with Crippen molar-refractivity contribution < 1.29 is 0 Å². The Morgan fingerprint density at radius 2 is 2.15 bits per heavy atom. The van der Waals surface area contributed by atoms with Crippen molar-refractivity contribution in [3.05, 3.63) is 36.4 Å². The third-order valence-corrected chi connectivity index (χ3v) is 3.46. The van der Waals surface area contributed by atoms with Crippen molar-refractivity contribution in [3.63, 3.8) is 0 Å². The molecule has 0 bridgehead atoms. The maximum absolute atomic E-state index is 5.94. The highest BCUT2D eigenvalue weighted by Gasteiger charge is 2.18. The zero-order valence-corrected chi connectivity index (χ0v) is 11.3. The summed E-state index contributed by atoms with van der Waals surface area (Å²) in [7, 11) is 1.96. The molecule has 0 radical (unpaired) electrons. The van der Waals surface area contributed by atoms with Gasteiger partial charge in [-0.2, -0.15) is 5.10 Å². The molecule has 102 valence electrons. The Morgan fingerprint density at radius 3 is 2.95 bits per heavy atom. The van der Waals surface area contributed by atoms with E-state index in [1.165, 1.54) is 6.33 Å². The number of nitrogens with one attached hydrogen (secondary N) is 1. The molecule has 0 amide bonds. The molecule has 0 saturated carbocycles. The van der Waals surface area contributed by atoms with Crippen LogP contribution in [-0.2, 0) is 0 Å². The third kappa shape index (κ3) is 1.93. The average molecular weight is 269 g/mol. The van der Waals surface area contributed by atoms with E-state index < -0.39 is 0 Å². The number of aromatic nitrogens is 5. The van der Waals surface area contributed by atoms with Crippen LogP contribution in [0.3, 0.4) is 0 Å². The molecule has 20 heavy (non-hydrogen) atoms. The quantitative estimate of drug-likeness (QED) is 0.748. The normalized spacial score (nSPS) is 12.5. The van der Waals surface area contributed by atoms with Gasteiger partial charge in [-0.25, -0.2) is 15.0 Å². The summed E-state index contributed by atoms with van der Waals surface area (Å²) < 4.78 is 0. The Balaban J connectivity index is 2.02. The second kappa shape index (κ2) is 4.76. The molecule has 7 heteroatoms. The first-order chi connectivity index (χ1) is 9.68. The summed E-state index contributed by atoms with van der Waals surface area (Å²) >= 11 is 0. The molecule has 0 aliphatic carbocycles. The highest BCUT2D eigenvalue weighted by Crippen LogP contribution is 2.29. The molecule has 3 N–H and O–H groups in total. The lowest BCUT2D eigenvalue weighted by Crippen LogP contribution is -2.24. The van der Waals surface area contributed by atoms with Crippen LogP contribution >= 0.6 is 0 Å². The molecule has 3 aromatic rings. The van der Waals surface area contributed by atoms with Gasteiger partial charge in [0.05, 0.1) is 17.6 Å². The van der Waals surface area contributed by atoms with Crippen molar-refractivity contribution >= 4 is 22.7 Å². The van der Waals surface area contributed by atoms with Crippen molar-refractivity contribution in [2.75, 3.05) is 17.7 Å². The largest absolute Gasteiger partial charge is 0.383 e. The van der Waals surface area contributed by atoms with E-state index >= 15 is 0 Å². The first-order valence-corrected chi connectivity index (χ1v) is 6.25.